The monoisotopic (exact) mass is 425 g/mol. The average molecular weight is 426 g/mol. The quantitative estimate of drug-likeness (QED) is 0.374. The maximum absolute atomic E-state index is 12.7. The number of nitrogens with two attached hydrogens (primary N) is 1. The van der Waals surface area contributed by atoms with Gasteiger partial charge in [-0.2, -0.15) is 0 Å². The second-order valence-corrected chi connectivity index (χ2v) is 11.0. The molecule has 29 heavy (non-hydrogen) atoms. The Morgan fingerprint density at radius 1 is 1.14 bits per heavy atom. The zero-order valence-electron chi connectivity index (χ0n) is 17.2. The number of benzene rings is 2. The number of rotatable bonds is 8. The number of nitrogens with one attached hydrogen (secondary N) is 1. The van der Waals surface area contributed by atoms with Gasteiger partial charge in [0.05, 0.1) is 11.4 Å². The van der Waals surface area contributed by atoms with Gasteiger partial charge in [0, 0.05) is 23.5 Å². The highest BCUT2D eigenvalue weighted by Crippen LogP contribution is 2.30. The number of anilines is 2. The fraction of sp³-hybridized carbons (Fsp3) is 0.261. The van der Waals surface area contributed by atoms with Crippen LogP contribution in [-0.2, 0) is 6.54 Å². The molecule has 152 valence electrons. The molecule has 6 heteroatoms. The van der Waals surface area contributed by atoms with Crippen LogP contribution in [0.5, 0.6) is 0 Å². The summed E-state index contributed by atoms with van der Waals surface area (Å²) in [6.07, 6.45) is 1.25. The van der Waals surface area contributed by atoms with E-state index < -0.39 is 0 Å². The molecule has 0 radical (unpaired) electrons. The van der Waals surface area contributed by atoms with Gasteiger partial charge in [0.25, 0.3) is 5.91 Å². The van der Waals surface area contributed by atoms with Crippen molar-refractivity contribution in [1.29, 1.82) is 0 Å². The van der Waals surface area contributed by atoms with Gasteiger partial charge in [0.15, 0.2) is 0 Å². The first-order valence-corrected chi connectivity index (χ1v) is 12.9. The summed E-state index contributed by atoms with van der Waals surface area (Å²) in [6, 6.07) is 17.6. The Morgan fingerprint density at radius 2 is 1.90 bits per heavy atom. The highest BCUT2D eigenvalue weighted by molar-refractivity contribution is 7.56. The minimum atomic E-state index is -0.150. The molecule has 4 nitrogen and oxygen atoms in total. The molecule has 3 aromatic rings. The van der Waals surface area contributed by atoms with Crippen LogP contribution in [0.1, 0.15) is 15.9 Å². The Kier molecular flexibility index (Phi) is 7.43. The summed E-state index contributed by atoms with van der Waals surface area (Å²) < 4.78 is 0. The minimum Gasteiger partial charge on any atom is -0.397 e. The number of hydrogen-bond acceptors (Lipinski definition) is 4. The van der Waals surface area contributed by atoms with Gasteiger partial charge in [-0.1, -0.05) is 24.3 Å². The van der Waals surface area contributed by atoms with E-state index in [9.17, 15) is 4.79 Å². The molecule has 0 spiro atoms. The lowest BCUT2D eigenvalue weighted by Gasteiger charge is -2.18. The van der Waals surface area contributed by atoms with Gasteiger partial charge in [-0.05, 0) is 73.4 Å². The maximum atomic E-state index is 12.7. The van der Waals surface area contributed by atoms with Crippen molar-refractivity contribution in [2.75, 3.05) is 44.1 Å². The van der Waals surface area contributed by atoms with Gasteiger partial charge in [-0.3, -0.25) is 4.79 Å². The van der Waals surface area contributed by atoms with Crippen molar-refractivity contribution in [3.63, 3.8) is 0 Å². The highest BCUT2D eigenvalue weighted by atomic mass is 32.1. The molecule has 0 aliphatic heterocycles. The van der Waals surface area contributed by atoms with Crippen LogP contribution >= 0.6 is 19.3 Å². The number of amides is 1. The Balaban J connectivity index is 1.65. The van der Waals surface area contributed by atoms with E-state index in [-0.39, 0.29) is 13.8 Å². The second-order valence-electron chi connectivity index (χ2n) is 7.47. The van der Waals surface area contributed by atoms with E-state index in [2.05, 4.69) is 36.7 Å². The van der Waals surface area contributed by atoms with Crippen molar-refractivity contribution in [2.45, 2.75) is 6.54 Å². The van der Waals surface area contributed by atoms with Crippen molar-refractivity contribution in [3.05, 3.63) is 71.1 Å². The van der Waals surface area contributed by atoms with Gasteiger partial charge in [0.1, 0.15) is 0 Å². The van der Waals surface area contributed by atoms with Crippen LogP contribution in [0.2, 0.25) is 0 Å². The fourth-order valence-corrected chi connectivity index (χ4v) is 4.44. The van der Waals surface area contributed by atoms with Crippen LogP contribution in [0.4, 0.5) is 11.4 Å². The van der Waals surface area contributed by atoms with Gasteiger partial charge in [0.2, 0.25) is 0 Å². The molecule has 0 atom stereocenters. The summed E-state index contributed by atoms with van der Waals surface area (Å²) in [6.45, 7) is 6.60. The van der Waals surface area contributed by atoms with Crippen molar-refractivity contribution in [2.24, 2.45) is 0 Å². The van der Waals surface area contributed by atoms with Gasteiger partial charge in [-0.25, -0.2) is 0 Å². The number of carbonyl (C=O) groups is 1. The van der Waals surface area contributed by atoms with E-state index in [4.69, 9.17) is 5.73 Å². The number of hydrogen-bond donors (Lipinski definition) is 2. The van der Waals surface area contributed by atoms with Crippen LogP contribution < -0.4 is 11.1 Å². The largest absolute Gasteiger partial charge is 0.397 e. The highest BCUT2D eigenvalue weighted by Gasteiger charge is 2.10. The van der Waals surface area contributed by atoms with Crippen LogP contribution in [0.3, 0.4) is 0 Å². The zero-order valence-corrected chi connectivity index (χ0v) is 18.9. The van der Waals surface area contributed by atoms with Crippen molar-refractivity contribution >= 4 is 36.5 Å². The summed E-state index contributed by atoms with van der Waals surface area (Å²) in [5.41, 5.74) is 10.2. The van der Waals surface area contributed by atoms with Crippen molar-refractivity contribution in [3.8, 4) is 10.4 Å². The van der Waals surface area contributed by atoms with Gasteiger partial charge in [-0.15, -0.1) is 19.3 Å². The minimum absolute atomic E-state index is 0.133. The molecule has 0 saturated carbocycles. The van der Waals surface area contributed by atoms with E-state index in [1.165, 1.54) is 11.7 Å². The summed E-state index contributed by atoms with van der Waals surface area (Å²) in [5, 5.41) is 4.99. The Hall–Kier alpha value is -2.20. The molecule has 1 amide bonds. The van der Waals surface area contributed by atoms with Crippen LogP contribution in [0.25, 0.3) is 10.4 Å². The second kappa shape index (κ2) is 10.0. The van der Waals surface area contributed by atoms with E-state index in [1.54, 1.807) is 11.3 Å². The smallest absolute Gasteiger partial charge is 0.255 e. The predicted octanol–water partition coefficient (Wildman–Crippen LogP) is 5.42. The predicted molar refractivity (Wildman–Crippen MR) is 129 cm³/mol. The summed E-state index contributed by atoms with van der Waals surface area (Å²) in [7, 11) is 2.27. The molecule has 1 heterocycles. The zero-order chi connectivity index (χ0) is 20.8. The third-order valence-electron chi connectivity index (χ3n) is 4.70. The molecule has 1 aromatic heterocycles. The lowest BCUT2D eigenvalue weighted by atomic mass is 10.1. The molecular formula is C23H28N3OPS. The van der Waals surface area contributed by atoms with Crippen LogP contribution in [0.15, 0.2) is 60.0 Å². The third-order valence-corrected chi connectivity index (χ3v) is 6.72. The topological polar surface area (TPSA) is 58.4 Å². The number of nitrogens with zero attached hydrogens (tertiary/aromatic N) is 1. The molecular weight excluding hydrogens is 397 g/mol. The number of nitrogen functional groups attached to an aromatic ring is 1. The lowest BCUT2D eigenvalue weighted by molar-refractivity contribution is 0.102. The van der Waals surface area contributed by atoms with Gasteiger partial charge >= 0.3 is 0 Å². The van der Waals surface area contributed by atoms with Crippen LogP contribution in [0, 0.1) is 0 Å². The van der Waals surface area contributed by atoms with E-state index in [1.807, 2.05) is 53.9 Å². The molecule has 0 unspecified atom stereocenters. The van der Waals surface area contributed by atoms with Crippen LogP contribution in [-0.4, -0.2) is 43.9 Å². The Labute approximate surface area is 178 Å². The summed E-state index contributed by atoms with van der Waals surface area (Å²) >= 11 is 1.66. The molecule has 0 aliphatic rings. The molecule has 3 N–H and O–H groups in total. The third kappa shape index (κ3) is 6.14. The first-order chi connectivity index (χ1) is 13.9. The lowest BCUT2D eigenvalue weighted by Crippen LogP contribution is -2.21. The van der Waals surface area contributed by atoms with Gasteiger partial charge < -0.3 is 16.0 Å². The first kappa shape index (κ1) is 21.5. The summed E-state index contributed by atoms with van der Waals surface area (Å²) in [5.74, 6) is -0.150. The normalized spacial score (nSPS) is 11.2. The fourth-order valence-electron chi connectivity index (χ4n) is 2.98. The first-order valence-electron chi connectivity index (χ1n) is 9.59. The maximum Gasteiger partial charge on any atom is 0.255 e. The standard InChI is InChI=1S/C23H28N3OPS/c1-26(12-13-28(2)3)16-17-6-8-18(9-7-17)23(27)25-21-15-19(10-11-20(21)24)22-5-4-14-29-22/h4-11,14-15H,12-13,16,24H2,1-3H3,(H,25,27). The summed E-state index contributed by atoms with van der Waals surface area (Å²) in [4.78, 5) is 16.2. The Bertz CT molecular complexity index is 939. The van der Waals surface area contributed by atoms with E-state index in [0.29, 0.717) is 16.9 Å². The molecule has 0 bridgehead atoms. The van der Waals surface area contributed by atoms with Crippen molar-refractivity contribution in [1.82, 2.24) is 4.90 Å². The molecule has 0 fully saturated rings. The van der Waals surface area contributed by atoms with E-state index >= 15 is 0 Å². The molecule has 3 rings (SSSR count). The van der Waals surface area contributed by atoms with E-state index in [0.717, 1.165) is 23.5 Å². The SMILES string of the molecule is CN(CCP(C)C)Cc1ccc(C(=O)Nc2cc(-c3cccs3)ccc2N)cc1. The number of thiophene rings is 1. The molecule has 0 aliphatic carbocycles. The van der Waals surface area contributed by atoms with Crippen molar-refractivity contribution < 1.29 is 4.79 Å². The number of carbonyl (C=O) groups excluding carboxylic acids is 1. The Morgan fingerprint density at radius 3 is 2.55 bits per heavy atom. The molecule has 2 aromatic carbocycles. The molecule has 0 saturated heterocycles. The average Bonchev–Trinajstić information content (AvgIpc) is 3.23.